The molecule has 2 aromatic rings. The first-order valence-electron chi connectivity index (χ1n) is 6.77. The minimum atomic E-state index is -0.0210. The summed E-state index contributed by atoms with van der Waals surface area (Å²) in [7, 11) is 0. The van der Waals surface area contributed by atoms with Gasteiger partial charge in [-0.15, -0.1) is 0 Å². The summed E-state index contributed by atoms with van der Waals surface area (Å²) in [5.74, 6) is -0.0168. The summed E-state index contributed by atoms with van der Waals surface area (Å²) in [5.41, 5.74) is 9.75. The summed E-state index contributed by atoms with van der Waals surface area (Å²) >= 11 is 3.59. The third-order valence-corrected chi connectivity index (χ3v) is 4.19. The molecule has 3 rings (SSSR count). The van der Waals surface area contributed by atoms with Crippen LogP contribution in [0.4, 0.5) is 17.1 Å². The SMILES string of the molecule is C[C@H](N)c1ccc(N2CC(=O)Nc3ccccc32)c(Br)c1. The molecule has 4 nitrogen and oxygen atoms in total. The van der Waals surface area contributed by atoms with Gasteiger partial charge in [0.2, 0.25) is 5.91 Å². The predicted molar refractivity (Wildman–Crippen MR) is 88.8 cm³/mol. The van der Waals surface area contributed by atoms with Crippen LogP contribution in [0.3, 0.4) is 0 Å². The Morgan fingerprint density at radius 3 is 2.71 bits per heavy atom. The molecule has 1 amide bonds. The van der Waals surface area contributed by atoms with E-state index in [4.69, 9.17) is 5.73 Å². The number of para-hydroxylation sites is 2. The quantitative estimate of drug-likeness (QED) is 0.874. The molecule has 0 aromatic heterocycles. The largest absolute Gasteiger partial charge is 0.329 e. The number of hydrogen-bond donors (Lipinski definition) is 2. The van der Waals surface area contributed by atoms with E-state index in [1.165, 1.54) is 0 Å². The molecule has 1 heterocycles. The highest BCUT2D eigenvalue weighted by Gasteiger charge is 2.24. The van der Waals surface area contributed by atoms with Crippen LogP contribution in [0.1, 0.15) is 18.5 Å². The summed E-state index contributed by atoms with van der Waals surface area (Å²) in [6, 6.07) is 13.8. The average Bonchev–Trinajstić information content (AvgIpc) is 2.46. The highest BCUT2D eigenvalue weighted by atomic mass is 79.9. The Morgan fingerprint density at radius 2 is 2.00 bits per heavy atom. The maximum absolute atomic E-state index is 11.9. The third kappa shape index (κ3) is 2.66. The van der Waals surface area contributed by atoms with Gasteiger partial charge in [0.1, 0.15) is 6.54 Å². The van der Waals surface area contributed by atoms with E-state index in [2.05, 4.69) is 21.2 Å². The van der Waals surface area contributed by atoms with E-state index in [-0.39, 0.29) is 11.9 Å². The highest BCUT2D eigenvalue weighted by molar-refractivity contribution is 9.10. The van der Waals surface area contributed by atoms with Gasteiger partial charge in [0.15, 0.2) is 0 Å². The second-order valence-electron chi connectivity index (χ2n) is 5.15. The first kappa shape index (κ1) is 14.1. The van der Waals surface area contributed by atoms with Crippen LogP contribution < -0.4 is 16.0 Å². The van der Waals surface area contributed by atoms with E-state index >= 15 is 0 Å². The molecule has 0 fully saturated rings. The molecule has 0 bridgehead atoms. The number of halogens is 1. The van der Waals surface area contributed by atoms with Crippen molar-refractivity contribution in [3.05, 3.63) is 52.5 Å². The van der Waals surface area contributed by atoms with Gasteiger partial charge in [-0.2, -0.15) is 0 Å². The van der Waals surface area contributed by atoms with Gasteiger partial charge in [-0.3, -0.25) is 4.79 Å². The fourth-order valence-corrected chi connectivity index (χ4v) is 3.08. The van der Waals surface area contributed by atoms with Gasteiger partial charge < -0.3 is 16.0 Å². The molecule has 3 N–H and O–H groups in total. The second kappa shape index (κ2) is 5.50. The Kier molecular flexibility index (Phi) is 3.69. The minimum absolute atomic E-state index is 0.0168. The van der Waals surface area contributed by atoms with Crippen molar-refractivity contribution in [1.82, 2.24) is 0 Å². The van der Waals surface area contributed by atoms with Crippen LogP contribution in [0, 0.1) is 0 Å². The Labute approximate surface area is 132 Å². The minimum Gasteiger partial charge on any atom is -0.329 e. The molecule has 0 saturated heterocycles. The molecular weight excluding hydrogens is 330 g/mol. The zero-order valence-electron chi connectivity index (χ0n) is 11.6. The Morgan fingerprint density at radius 1 is 1.24 bits per heavy atom. The maximum Gasteiger partial charge on any atom is 0.244 e. The van der Waals surface area contributed by atoms with Crippen molar-refractivity contribution < 1.29 is 4.79 Å². The van der Waals surface area contributed by atoms with E-state index in [1.807, 2.05) is 54.3 Å². The van der Waals surface area contributed by atoms with Crippen molar-refractivity contribution in [2.75, 3.05) is 16.8 Å². The van der Waals surface area contributed by atoms with Crippen molar-refractivity contribution in [2.24, 2.45) is 5.73 Å². The normalized spacial score (nSPS) is 15.4. The van der Waals surface area contributed by atoms with Crippen LogP contribution in [-0.2, 0) is 4.79 Å². The van der Waals surface area contributed by atoms with Crippen LogP contribution >= 0.6 is 15.9 Å². The number of nitrogens with zero attached hydrogens (tertiary/aromatic N) is 1. The number of fused-ring (bicyclic) bond motifs is 1. The zero-order chi connectivity index (χ0) is 15.0. The van der Waals surface area contributed by atoms with Crippen LogP contribution in [0.15, 0.2) is 46.9 Å². The maximum atomic E-state index is 11.9. The Balaban J connectivity index is 2.07. The van der Waals surface area contributed by atoms with E-state index in [0.717, 1.165) is 27.1 Å². The van der Waals surface area contributed by atoms with E-state index in [0.29, 0.717) is 6.54 Å². The smallest absolute Gasteiger partial charge is 0.244 e. The van der Waals surface area contributed by atoms with Gasteiger partial charge in [-0.25, -0.2) is 0 Å². The fourth-order valence-electron chi connectivity index (χ4n) is 2.47. The van der Waals surface area contributed by atoms with Gasteiger partial charge >= 0.3 is 0 Å². The van der Waals surface area contributed by atoms with Crippen LogP contribution in [0.25, 0.3) is 0 Å². The van der Waals surface area contributed by atoms with Crippen molar-refractivity contribution >= 4 is 38.9 Å². The topological polar surface area (TPSA) is 58.4 Å². The standard InChI is InChI=1S/C16H16BrN3O/c1-10(18)11-6-7-14(12(17)8-11)20-9-16(21)19-13-4-2-3-5-15(13)20/h2-8,10H,9,18H2,1H3,(H,19,21)/t10-/m0/s1. The summed E-state index contributed by atoms with van der Waals surface area (Å²) in [5, 5.41) is 2.89. The van der Waals surface area contributed by atoms with Crippen molar-refractivity contribution in [3.63, 3.8) is 0 Å². The van der Waals surface area contributed by atoms with Crippen LogP contribution in [0.5, 0.6) is 0 Å². The number of nitrogens with one attached hydrogen (secondary N) is 1. The van der Waals surface area contributed by atoms with E-state index in [9.17, 15) is 4.79 Å². The van der Waals surface area contributed by atoms with Crippen molar-refractivity contribution in [1.29, 1.82) is 0 Å². The summed E-state index contributed by atoms with van der Waals surface area (Å²) in [4.78, 5) is 13.9. The fraction of sp³-hybridized carbons (Fsp3) is 0.188. The lowest BCUT2D eigenvalue weighted by Gasteiger charge is -2.31. The van der Waals surface area contributed by atoms with Crippen LogP contribution in [-0.4, -0.2) is 12.5 Å². The lowest BCUT2D eigenvalue weighted by Crippen LogP contribution is -2.35. The Hall–Kier alpha value is -1.85. The number of amides is 1. The molecular formula is C16H16BrN3O. The highest BCUT2D eigenvalue weighted by Crippen LogP contribution is 2.38. The van der Waals surface area contributed by atoms with Crippen LogP contribution in [0.2, 0.25) is 0 Å². The number of nitrogens with two attached hydrogens (primary N) is 1. The number of anilines is 3. The third-order valence-electron chi connectivity index (χ3n) is 3.56. The molecule has 108 valence electrons. The molecule has 1 aliphatic heterocycles. The molecule has 0 spiro atoms. The average molecular weight is 346 g/mol. The summed E-state index contributed by atoms with van der Waals surface area (Å²) in [6.07, 6.45) is 0. The summed E-state index contributed by atoms with van der Waals surface area (Å²) in [6.45, 7) is 2.25. The van der Waals surface area contributed by atoms with Crippen molar-refractivity contribution in [2.45, 2.75) is 13.0 Å². The van der Waals surface area contributed by atoms with Crippen molar-refractivity contribution in [3.8, 4) is 0 Å². The lowest BCUT2D eigenvalue weighted by atomic mass is 10.1. The second-order valence-corrected chi connectivity index (χ2v) is 6.01. The van der Waals surface area contributed by atoms with E-state index in [1.54, 1.807) is 0 Å². The lowest BCUT2D eigenvalue weighted by molar-refractivity contribution is -0.115. The number of rotatable bonds is 2. The van der Waals surface area contributed by atoms with Gasteiger partial charge in [0, 0.05) is 10.5 Å². The summed E-state index contributed by atoms with van der Waals surface area (Å²) < 4.78 is 0.932. The number of carbonyl (C=O) groups excluding carboxylic acids is 1. The molecule has 0 aliphatic carbocycles. The molecule has 0 radical (unpaired) electrons. The van der Waals surface area contributed by atoms with Gasteiger partial charge in [-0.05, 0) is 52.7 Å². The van der Waals surface area contributed by atoms with Gasteiger partial charge in [-0.1, -0.05) is 18.2 Å². The van der Waals surface area contributed by atoms with E-state index < -0.39 is 0 Å². The number of carbonyl (C=O) groups is 1. The number of benzene rings is 2. The molecule has 0 unspecified atom stereocenters. The van der Waals surface area contributed by atoms with Gasteiger partial charge in [0.25, 0.3) is 0 Å². The molecule has 21 heavy (non-hydrogen) atoms. The Bertz CT molecular complexity index is 700. The number of hydrogen-bond acceptors (Lipinski definition) is 3. The first-order valence-corrected chi connectivity index (χ1v) is 7.57. The zero-order valence-corrected chi connectivity index (χ0v) is 13.2. The molecule has 5 heteroatoms. The predicted octanol–water partition coefficient (Wildman–Crippen LogP) is 3.56. The molecule has 0 saturated carbocycles. The molecule has 1 aliphatic rings. The molecule has 2 aromatic carbocycles. The first-order chi connectivity index (χ1) is 10.1. The monoisotopic (exact) mass is 345 g/mol. The van der Waals surface area contributed by atoms with Gasteiger partial charge in [0.05, 0.1) is 17.1 Å². The molecule has 1 atom stereocenters.